The number of morpholine rings is 1. The van der Waals surface area contributed by atoms with Gasteiger partial charge in [-0.05, 0) is 31.9 Å². The number of rotatable bonds is 7. The quantitative estimate of drug-likeness (QED) is 0.829. The number of aliphatic hydroxyl groups excluding tert-OH is 1. The van der Waals surface area contributed by atoms with Crippen LogP contribution in [0.3, 0.4) is 0 Å². The predicted octanol–water partition coefficient (Wildman–Crippen LogP) is 2.33. The number of aliphatic hydroxyl groups is 1. The van der Waals surface area contributed by atoms with Crippen molar-refractivity contribution >= 4 is 0 Å². The maximum atomic E-state index is 10.2. The van der Waals surface area contributed by atoms with Crippen LogP contribution in [0.4, 0.5) is 0 Å². The molecule has 0 radical (unpaired) electrons. The van der Waals surface area contributed by atoms with Crippen LogP contribution in [0.25, 0.3) is 0 Å². The average molecular weight is 335 g/mol. The van der Waals surface area contributed by atoms with Gasteiger partial charge >= 0.3 is 0 Å². The molecule has 1 heterocycles. The Kier molecular flexibility index (Phi) is 6.35. The number of ether oxygens (including phenoxy) is 3. The summed E-state index contributed by atoms with van der Waals surface area (Å²) in [7, 11) is 0. The summed E-state index contributed by atoms with van der Waals surface area (Å²) in [4.78, 5) is 2.42. The minimum atomic E-state index is -0.182. The van der Waals surface area contributed by atoms with Gasteiger partial charge in [0, 0.05) is 25.0 Å². The highest BCUT2D eigenvalue weighted by Gasteiger charge is 2.37. The SMILES string of the molecule is CCOc1ccccc1OCCN1CCOC[C@@H]1[C@H]1CCC[C@@H]1O. The molecule has 1 aliphatic carbocycles. The van der Waals surface area contributed by atoms with E-state index < -0.39 is 0 Å². The minimum Gasteiger partial charge on any atom is -0.490 e. The van der Waals surface area contributed by atoms with Gasteiger partial charge in [-0.1, -0.05) is 18.6 Å². The van der Waals surface area contributed by atoms with Gasteiger partial charge < -0.3 is 19.3 Å². The molecule has 0 spiro atoms. The molecule has 1 aromatic carbocycles. The van der Waals surface area contributed by atoms with Crippen LogP contribution in [-0.2, 0) is 4.74 Å². The lowest BCUT2D eigenvalue weighted by Gasteiger charge is -2.40. The lowest BCUT2D eigenvalue weighted by atomic mass is 9.94. The van der Waals surface area contributed by atoms with Crippen molar-refractivity contribution in [2.75, 3.05) is 39.5 Å². The third-order valence-corrected chi connectivity index (χ3v) is 5.09. The molecule has 0 unspecified atom stereocenters. The van der Waals surface area contributed by atoms with Gasteiger partial charge in [0.15, 0.2) is 11.5 Å². The second-order valence-corrected chi connectivity index (χ2v) is 6.57. The Morgan fingerprint density at radius 2 is 2.00 bits per heavy atom. The fraction of sp³-hybridized carbons (Fsp3) is 0.684. The van der Waals surface area contributed by atoms with Crippen molar-refractivity contribution in [3.63, 3.8) is 0 Å². The molecule has 3 atom stereocenters. The Bertz CT molecular complexity index is 510. The lowest BCUT2D eigenvalue weighted by molar-refractivity contribution is -0.0532. The van der Waals surface area contributed by atoms with Gasteiger partial charge in [0.05, 0.1) is 25.9 Å². The highest BCUT2D eigenvalue weighted by molar-refractivity contribution is 5.39. The molecule has 1 aromatic rings. The molecular formula is C19H29NO4. The highest BCUT2D eigenvalue weighted by Crippen LogP contribution is 2.32. The van der Waals surface area contributed by atoms with Crippen molar-refractivity contribution in [3.8, 4) is 11.5 Å². The van der Waals surface area contributed by atoms with E-state index in [4.69, 9.17) is 14.2 Å². The van der Waals surface area contributed by atoms with Crippen LogP contribution < -0.4 is 9.47 Å². The van der Waals surface area contributed by atoms with Gasteiger partial charge in [-0.25, -0.2) is 0 Å². The number of nitrogens with zero attached hydrogens (tertiary/aromatic N) is 1. The second kappa shape index (κ2) is 8.70. The van der Waals surface area contributed by atoms with Crippen LogP contribution >= 0.6 is 0 Å². The summed E-state index contributed by atoms with van der Waals surface area (Å²) in [6.07, 6.45) is 2.96. The molecule has 2 fully saturated rings. The zero-order chi connectivity index (χ0) is 16.8. The molecule has 3 rings (SSSR count). The number of benzene rings is 1. The second-order valence-electron chi connectivity index (χ2n) is 6.57. The molecular weight excluding hydrogens is 306 g/mol. The van der Waals surface area contributed by atoms with Gasteiger partial charge in [0.1, 0.15) is 6.61 Å². The summed E-state index contributed by atoms with van der Waals surface area (Å²) in [6.45, 7) is 6.45. The molecule has 1 saturated carbocycles. The first kappa shape index (κ1) is 17.5. The fourth-order valence-electron chi connectivity index (χ4n) is 3.86. The first-order valence-corrected chi connectivity index (χ1v) is 9.14. The van der Waals surface area contributed by atoms with E-state index in [2.05, 4.69) is 4.90 Å². The predicted molar refractivity (Wildman–Crippen MR) is 92.6 cm³/mol. The van der Waals surface area contributed by atoms with E-state index >= 15 is 0 Å². The first-order chi connectivity index (χ1) is 11.8. The molecule has 1 saturated heterocycles. The Morgan fingerprint density at radius 1 is 1.21 bits per heavy atom. The molecule has 2 aliphatic rings. The van der Waals surface area contributed by atoms with Crippen molar-refractivity contribution in [1.29, 1.82) is 0 Å². The molecule has 134 valence electrons. The minimum absolute atomic E-state index is 0.182. The molecule has 5 nitrogen and oxygen atoms in total. The van der Waals surface area contributed by atoms with E-state index in [0.717, 1.165) is 57.1 Å². The normalized spacial score (nSPS) is 28.0. The van der Waals surface area contributed by atoms with Crippen molar-refractivity contribution in [3.05, 3.63) is 24.3 Å². The monoisotopic (exact) mass is 335 g/mol. The summed E-state index contributed by atoms with van der Waals surface area (Å²) in [5.41, 5.74) is 0. The maximum Gasteiger partial charge on any atom is 0.161 e. The summed E-state index contributed by atoms with van der Waals surface area (Å²) in [6, 6.07) is 8.11. The molecule has 1 N–H and O–H groups in total. The molecule has 0 aromatic heterocycles. The van der Waals surface area contributed by atoms with E-state index in [1.807, 2.05) is 31.2 Å². The van der Waals surface area contributed by atoms with Crippen molar-refractivity contribution in [2.24, 2.45) is 5.92 Å². The third kappa shape index (κ3) is 4.21. The van der Waals surface area contributed by atoms with Crippen molar-refractivity contribution in [1.82, 2.24) is 4.90 Å². The Morgan fingerprint density at radius 3 is 2.71 bits per heavy atom. The standard InChI is InChI=1S/C19H29NO4/c1-2-23-18-8-3-4-9-19(18)24-13-11-20-10-12-22-14-16(20)15-6-5-7-17(15)21/h3-4,8-9,15-17,21H,2,5-7,10-14H2,1H3/t15-,16-,17+/m1/s1. The summed E-state index contributed by atoms with van der Waals surface area (Å²) >= 11 is 0. The van der Waals surface area contributed by atoms with Crippen molar-refractivity contribution < 1.29 is 19.3 Å². The third-order valence-electron chi connectivity index (χ3n) is 5.09. The van der Waals surface area contributed by atoms with Gasteiger partial charge in [0.25, 0.3) is 0 Å². The Labute approximate surface area is 144 Å². The smallest absolute Gasteiger partial charge is 0.161 e. The van der Waals surface area contributed by atoms with Crippen LogP contribution in [0.2, 0.25) is 0 Å². The summed E-state index contributed by atoms with van der Waals surface area (Å²) in [5, 5.41) is 10.2. The Hall–Kier alpha value is -1.30. The van der Waals surface area contributed by atoms with Crippen LogP contribution in [-0.4, -0.2) is 61.7 Å². The first-order valence-electron chi connectivity index (χ1n) is 9.14. The van der Waals surface area contributed by atoms with Crippen LogP contribution in [0.1, 0.15) is 26.2 Å². The zero-order valence-electron chi connectivity index (χ0n) is 14.5. The van der Waals surface area contributed by atoms with E-state index in [1.54, 1.807) is 0 Å². The fourth-order valence-corrected chi connectivity index (χ4v) is 3.86. The molecule has 0 bridgehead atoms. The van der Waals surface area contributed by atoms with E-state index in [0.29, 0.717) is 25.2 Å². The number of hydrogen-bond acceptors (Lipinski definition) is 5. The molecule has 1 aliphatic heterocycles. The van der Waals surface area contributed by atoms with Crippen LogP contribution in [0.5, 0.6) is 11.5 Å². The van der Waals surface area contributed by atoms with E-state index in [1.165, 1.54) is 0 Å². The number of para-hydroxylation sites is 2. The molecule has 0 amide bonds. The zero-order valence-corrected chi connectivity index (χ0v) is 14.5. The van der Waals surface area contributed by atoms with E-state index in [-0.39, 0.29) is 6.10 Å². The van der Waals surface area contributed by atoms with E-state index in [9.17, 15) is 5.11 Å². The van der Waals surface area contributed by atoms with Crippen LogP contribution in [0.15, 0.2) is 24.3 Å². The average Bonchev–Trinajstić information content (AvgIpc) is 3.03. The lowest BCUT2D eigenvalue weighted by Crippen LogP contribution is -2.52. The van der Waals surface area contributed by atoms with Crippen LogP contribution in [0, 0.1) is 5.92 Å². The number of hydrogen-bond donors (Lipinski definition) is 1. The largest absolute Gasteiger partial charge is 0.490 e. The summed E-state index contributed by atoms with van der Waals surface area (Å²) in [5.74, 6) is 1.93. The topological polar surface area (TPSA) is 51.2 Å². The van der Waals surface area contributed by atoms with Gasteiger partial charge in [0.2, 0.25) is 0 Å². The van der Waals surface area contributed by atoms with Gasteiger partial charge in [-0.15, -0.1) is 0 Å². The van der Waals surface area contributed by atoms with Gasteiger partial charge in [-0.3, -0.25) is 4.90 Å². The van der Waals surface area contributed by atoms with Crippen molar-refractivity contribution in [2.45, 2.75) is 38.3 Å². The summed E-state index contributed by atoms with van der Waals surface area (Å²) < 4.78 is 17.2. The molecule has 24 heavy (non-hydrogen) atoms. The Balaban J connectivity index is 1.55. The highest BCUT2D eigenvalue weighted by atomic mass is 16.5. The molecule has 5 heteroatoms. The maximum absolute atomic E-state index is 10.2. The van der Waals surface area contributed by atoms with Gasteiger partial charge in [-0.2, -0.15) is 0 Å².